The fourth-order valence-electron chi connectivity index (χ4n) is 1.79. The Morgan fingerprint density at radius 1 is 1.22 bits per heavy atom. The number of aliphatic carboxylic acids is 1. The summed E-state index contributed by atoms with van der Waals surface area (Å²) in [4.78, 5) is 23.5. The van der Waals surface area contributed by atoms with Gasteiger partial charge in [0.05, 0.1) is 12.7 Å². The van der Waals surface area contributed by atoms with Gasteiger partial charge in [0.25, 0.3) is 0 Å². The number of carboxylic acids is 1. The Bertz CT molecular complexity index is 501. The van der Waals surface area contributed by atoms with Gasteiger partial charge in [-0.1, -0.05) is 6.07 Å². The predicted molar refractivity (Wildman–Crippen MR) is 68.2 cm³/mol. The summed E-state index contributed by atoms with van der Waals surface area (Å²) >= 11 is 0. The van der Waals surface area contributed by atoms with Crippen molar-refractivity contribution < 1.29 is 19.4 Å². The molecule has 1 aromatic rings. The molecule has 0 aliphatic heterocycles. The Kier molecular flexibility index (Phi) is 3.79. The van der Waals surface area contributed by atoms with Crippen LogP contribution in [-0.4, -0.2) is 24.0 Å². The van der Waals surface area contributed by atoms with Gasteiger partial charge in [-0.25, -0.2) is 0 Å². The van der Waals surface area contributed by atoms with Crippen LogP contribution >= 0.6 is 0 Å². The highest BCUT2D eigenvalue weighted by Crippen LogP contribution is 2.31. The van der Waals surface area contributed by atoms with Crippen molar-refractivity contribution in [2.45, 2.75) is 27.7 Å². The molecule has 1 N–H and O–H groups in total. The molecule has 0 aliphatic rings. The Morgan fingerprint density at radius 3 is 2.22 bits per heavy atom. The Balaban J connectivity index is 3.42. The summed E-state index contributed by atoms with van der Waals surface area (Å²) in [6.45, 7) is 6.47. The van der Waals surface area contributed by atoms with Crippen LogP contribution in [0.4, 0.5) is 0 Å². The van der Waals surface area contributed by atoms with Gasteiger partial charge in [-0.15, -0.1) is 0 Å². The number of Topliss-reactive ketones (excluding diaryl/α,β-unsaturated/α-hetero) is 1. The number of hydrogen-bond acceptors (Lipinski definition) is 3. The van der Waals surface area contributed by atoms with Crippen LogP contribution < -0.4 is 4.74 Å². The second kappa shape index (κ2) is 4.80. The summed E-state index contributed by atoms with van der Waals surface area (Å²) in [5.41, 5.74) is 0.573. The number of benzene rings is 1. The molecule has 98 valence electrons. The van der Waals surface area contributed by atoms with Gasteiger partial charge in [0.1, 0.15) is 11.2 Å². The maximum Gasteiger partial charge on any atom is 0.317 e. The lowest BCUT2D eigenvalue weighted by atomic mass is 9.82. The van der Waals surface area contributed by atoms with Crippen molar-refractivity contribution in [1.29, 1.82) is 0 Å². The number of carbonyl (C=O) groups excluding carboxylic acids is 1. The third-order valence-corrected chi connectivity index (χ3v) is 2.99. The van der Waals surface area contributed by atoms with Gasteiger partial charge < -0.3 is 9.84 Å². The van der Waals surface area contributed by atoms with Gasteiger partial charge >= 0.3 is 5.97 Å². The minimum atomic E-state index is -1.46. The van der Waals surface area contributed by atoms with E-state index in [0.717, 1.165) is 11.1 Å². The Labute approximate surface area is 107 Å². The third-order valence-electron chi connectivity index (χ3n) is 2.99. The van der Waals surface area contributed by atoms with E-state index in [1.54, 1.807) is 13.0 Å². The molecule has 0 amide bonds. The van der Waals surface area contributed by atoms with E-state index in [4.69, 9.17) is 9.84 Å². The third kappa shape index (κ3) is 2.37. The number of ketones is 1. The van der Waals surface area contributed by atoms with E-state index in [2.05, 4.69) is 0 Å². The van der Waals surface area contributed by atoms with Crippen LogP contribution in [-0.2, 0) is 4.79 Å². The molecule has 0 unspecified atom stereocenters. The second-order valence-corrected chi connectivity index (χ2v) is 4.92. The van der Waals surface area contributed by atoms with Crippen LogP contribution in [0.25, 0.3) is 0 Å². The van der Waals surface area contributed by atoms with E-state index >= 15 is 0 Å². The smallest absolute Gasteiger partial charge is 0.317 e. The van der Waals surface area contributed by atoms with Crippen LogP contribution in [0.15, 0.2) is 12.1 Å². The maximum absolute atomic E-state index is 12.4. The van der Waals surface area contributed by atoms with E-state index in [0.29, 0.717) is 11.3 Å². The van der Waals surface area contributed by atoms with Gasteiger partial charge in [0, 0.05) is 0 Å². The van der Waals surface area contributed by atoms with Gasteiger partial charge in [0.15, 0.2) is 5.78 Å². The molecule has 0 aromatic heterocycles. The molecule has 0 heterocycles. The molecular weight excluding hydrogens is 232 g/mol. The molecule has 0 radical (unpaired) electrons. The first-order valence-electron chi connectivity index (χ1n) is 5.65. The van der Waals surface area contributed by atoms with E-state index in [9.17, 15) is 9.59 Å². The molecule has 0 bridgehead atoms. The monoisotopic (exact) mass is 250 g/mol. The zero-order valence-electron chi connectivity index (χ0n) is 11.3. The first-order valence-corrected chi connectivity index (χ1v) is 5.65. The van der Waals surface area contributed by atoms with Crippen molar-refractivity contribution in [3.05, 3.63) is 28.8 Å². The van der Waals surface area contributed by atoms with Crippen LogP contribution in [0.2, 0.25) is 0 Å². The molecule has 4 heteroatoms. The maximum atomic E-state index is 12.4. The standard InChI is InChI=1S/C14H18O4/c1-8-6-9(2)11(10(7-8)18-5)12(15)14(3,4)13(16)17/h6-7H,1-5H3,(H,16,17). The summed E-state index contributed by atoms with van der Waals surface area (Å²) in [5.74, 6) is -1.16. The summed E-state index contributed by atoms with van der Waals surface area (Å²) < 4.78 is 5.19. The lowest BCUT2D eigenvalue weighted by Gasteiger charge is -2.21. The lowest BCUT2D eigenvalue weighted by Crippen LogP contribution is -2.34. The van der Waals surface area contributed by atoms with Crippen molar-refractivity contribution in [2.75, 3.05) is 7.11 Å². The molecule has 0 saturated carbocycles. The molecular formula is C14H18O4. The normalized spacial score (nSPS) is 11.2. The summed E-state index contributed by atoms with van der Waals surface area (Å²) in [6, 6.07) is 3.58. The first kappa shape index (κ1) is 14.2. The van der Waals surface area contributed by atoms with E-state index in [1.807, 2.05) is 13.0 Å². The molecule has 0 aliphatic carbocycles. The first-order chi connectivity index (χ1) is 8.21. The highest BCUT2D eigenvalue weighted by Gasteiger charge is 2.38. The minimum Gasteiger partial charge on any atom is -0.496 e. The highest BCUT2D eigenvalue weighted by atomic mass is 16.5. The average molecular weight is 250 g/mol. The predicted octanol–water partition coefficient (Wildman–Crippen LogP) is 2.61. The van der Waals surface area contributed by atoms with Crippen molar-refractivity contribution in [1.82, 2.24) is 0 Å². The van der Waals surface area contributed by atoms with E-state index in [1.165, 1.54) is 21.0 Å². The van der Waals surface area contributed by atoms with Crippen LogP contribution in [0.3, 0.4) is 0 Å². The van der Waals surface area contributed by atoms with Crippen LogP contribution in [0, 0.1) is 19.3 Å². The fourth-order valence-corrected chi connectivity index (χ4v) is 1.79. The number of carboxylic acid groups (broad SMARTS) is 1. The topological polar surface area (TPSA) is 63.6 Å². The molecule has 1 aromatic carbocycles. The quantitative estimate of drug-likeness (QED) is 0.659. The summed E-state index contributed by atoms with van der Waals surface area (Å²) in [5, 5.41) is 9.12. The average Bonchev–Trinajstić information content (AvgIpc) is 2.26. The van der Waals surface area contributed by atoms with Gasteiger partial charge in [-0.05, 0) is 44.9 Å². The molecule has 0 saturated heterocycles. The largest absolute Gasteiger partial charge is 0.496 e. The van der Waals surface area contributed by atoms with Crippen molar-refractivity contribution in [3.63, 3.8) is 0 Å². The van der Waals surface area contributed by atoms with Crippen molar-refractivity contribution in [3.8, 4) is 5.75 Å². The number of hydrogen-bond donors (Lipinski definition) is 1. The molecule has 0 atom stereocenters. The zero-order chi connectivity index (χ0) is 14.1. The van der Waals surface area contributed by atoms with Crippen LogP contribution in [0.5, 0.6) is 5.75 Å². The van der Waals surface area contributed by atoms with Gasteiger partial charge in [-0.2, -0.15) is 0 Å². The second-order valence-electron chi connectivity index (χ2n) is 4.92. The minimum absolute atomic E-state index is 0.343. The number of aryl methyl sites for hydroxylation is 2. The fraction of sp³-hybridized carbons (Fsp3) is 0.429. The van der Waals surface area contributed by atoms with E-state index < -0.39 is 17.2 Å². The lowest BCUT2D eigenvalue weighted by molar-refractivity contribution is -0.144. The Hall–Kier alpha value is -1.84. The van der Waals surface area contributed by atoms with Gasteiger partial charge in [-0.3, -0.25) is 9.59 Å². The SMILES string of the molecule is COc1cc(C)cc(C)c1C(=O)C(C)(C)C(=O)O. The van der Waals surface area contributed by atoms with Crippen LogP contribution in [0.1, 0.15) is 35.3 Å². The van der Waals surface area contributed by atoms with Crippen molar-refractivity contribution in [2.24, 2.45) is 5.41 Å². The highest BCUT2D eigenvalue weighted by molar-refractivity contribution is 6.13. The van der Waals surface area contributed by atoms with Crippen molar-refractivity contribution >= 4 is 11.8 Å². The number of methoxy groups -OCH3 is 1. The number of rotatable bonds is 4. The molecule has 1 rings (SSSR count). The zero-order valence-corrected chi connectivity index (χ0v) is 11.3. The van der Waals surface area contributed by atoms with Gasteiger partial charge in [0.2, 0.25) is 0 Å². The summed E-state index contributed by atoms with van der Waals surface area (Å²) in [6.07, 6.45) is 0. The Morgan fingerprint density at radius 2 is 1.78 bits per heavy atom. The molecule has 4 nitrogen and oxygen atoms in total. The van der Waals surface area contributed by atoms with E-state index in [-0.39, 0.29) is 0 Å². The molecule has 18 heavy (non-hydrogen) atoms. The number of carbonyl (C=O) groups is 2. The number of ether oxygens (including phenoxy) is 1. The summed E-state index contributed by atoms with van der Waals surface area (Å²) in [7, 11) is 1.47. The molecule has 0 fully saturated rings. The molecule has 0 spiro atoms.